The third-order valence-corrected chi connectivity index (χ3v) is 5.69. The van der Waals surface area contributed by atoms with Gasteiger partial charge in [-0.15, -0.1) is 0 Å². The number of rotatable bonds is 5. The topological polar surface area (TPSA) is 18.5 Å². The first-order chi connectivity index (χ1) is 9.73. The Morgan fingerprint density at radius 3 is 2.19 bits per heavy atom. The normalized spacial score (nSPS) is 20.2. The smallest absolute Gasteiger partial charge is 0.399 e. The molecule has 0 radical (unpaired) electrons. The van der Waals surface area contributed by atoms with Gasteiger partial charge in [-0.1, -0.05) is 38.1 Å². The fraction of sp³-hybridized carbons (Fsp3) is 0.647. The highest BCUT2D eigenvalue weighted by molar-refractivity contribution is 7.98. The van der Waals surface area contributed by atoms with Crippen LogP contribution in [0, 0.1) is 5.92 Å². The molecule has 4 heteroatoms. The molecule has 0 spiro atoms. The van der Waals surface area contributed by atoms with E-state index >= 15 is 0 Å². The summed E-state index contributed by atoms with van der Waals surface area (Å²) in [5.41, 5.74) is 1.93. The predicted molar refractivity (Wildman–Crippen MR) is 93.2 cm³/mol. The number of hydrogen-bond donors (Lipinski definition) is 0. The van der Waals surface area contributed by atoms with E-state index in [1.165, 1.54) is 16.8 Å². The van der Waals surface area contributed by atoms with Gasteiger partial charge in [0.15, 0.2) is 0 Å². The molecule has 1 aliphatic heterocycles. The average Bonchev–Trinajstić information content (AvgIpc) is 2.58. The lowest BCUT2D eigenvalue weighted by Crippen LogP contribution is -2.41. The van der Waals surface area contributed by atoms with Crippen LogP contribution in [0.3, 0.4) is 0 Å². The first-order valence-electron chi connectivity index (χ1n) is 7.74. The molecule has 21 heavy (non-hydrogen) atoms. The van der Waals surface area contributed by atoms with Crippen molar-refractivity contribution < 1.29 is 9.31 Å². The van der Waals surface area contributed by atoms with E-state index in [1.54, 1.807) is 0 Å². The number of benzene rings is 1. The van der Waals surface area contributed by atoms with Crippen LogP contribution in [0.1, 0.15) is 47.1 Å². The molecule has 0 atom stereocenters. The van der Waals surface area contributed by atoms with Crippen LogP contribution in [0.4, 0.5) is 0 Å². The highest BCUT2D eigenvalue weighted by atomic mass is 32.2. The zero-order chi connectivity index (χ0) is 15.7. The monoisotopic (exact) mass is 306 g/mol. The Morgan fingerprint density at radius 2 is 1.62 bits per heavy atom. The Hall–Kier alpha value is -0.445. The second-order valence-corrected chi connectivity index (χ2v) is 8.23. The molecule has 1 saturated heterocycles. The maximum absolute atomic E-state index is 6.19. The lowest BCUT2D eigenvalue weighted by Gasteiger charge is -2.32. The van der Waals surface area contributed by atoms with Crippen molar-refractivity contribution in [1.82, 2.24) is 0 Å². The largest absolute Gasteiger partial charge is 0.495 e. The molecule has 2 nitrogen and oxygen atoms in total. The van der Waals surface area contributed by atoms with E-state index in [1.807, 2.05) is 11.8 Å². The summed E-state index contributed by atoms with van der Waals surface area (Å²) in [6.45, 7) is 12.9. The third-order valence-electron chi connectivity index (χ3n) is 4.27. The van der Waals surface area contributed by atoms with Crippen molar-refractivity contribution in [1.29, 1.82) is 0 Å². The van der Waals surface area contributed by atoms with Crippen LogP contribution in [0.2, 0.25) is 0 Å². The summed E-state index contributed by atoms with van der Waals surface area (Å²) in [5.74, 6) is 2.91. The molecule has 0 amide bonds. The number of thioether (sulfide) groups is 1. The molecule has 1 aromatic carbocycles. The Bertz CT molecular complexity index is 469. The molecule has 2 rings (SSSR count). The maximum Gasteiger partial charge on any atom is 0.495 e. The standard InChI is InChI=1S/C17H27BO2S/c1-13(2)11-21-12-14-9-7-8-10-15(14)18-19-16(3,4)17(5,6)20-18/h7-10,13H,11-12H2,1-6H3. The van der Waals surface area contributed by atoms with Crippen LogP contribution in [-0.4, -0.2) is 24.1 Å². The van der Waals surface area contributed by atoms with Gasteiger partial charge in [-0.3, -0.25) is 0 Å². The van der Waals surface area contributed by atoms with Crippen molar-refractivity contribution >= 4 is 24.3 Å². The molecule has 1 aromatic rings. The van der Waals surface area contributed by atoms with Crippen LogP contribution in [0.25, 0.3) is 0 Å². The zero-order valence-electron chi connectivity index (χ0n) is 14.1. The Kier molecular flexibility index (Phi) is 5.12. The molecule has 116 valence electrons. The minimum atomic E-state index is -0.282. The van der Waals surface area contributed by atoms with Crippen molar-refractivity contribution in [2.24, 2.45) is 5.92 Å². The van der Waals surface area contributed by atoms with Gasteiger partial charge in [0.1, 0.15) is 0 Å². The molecule has 0 aliphatic carbocycles. The van der Waals surface area contributed by atoms with E-state index in [2.05, 4.69) is 65.8 Å². The van der Waals surface area contributed by atoms with Gasteiger partial charge in [-0.25, -0.2) is 0 Å². The quantitative estimate of drug-likeness (QED) is 0.769. The maximum atomic E-state index is 6.19. The zero-order valence-corrected chi connectivity index (χ0v) is 14.9. The fourth-order valence-corrected chi connectivity index (χ4v) is 3.34. The Labute approximate surface area is 134 Å². The van der Waals surface area contributed by atoms with Crippen molar-refractivity contribution in [2.45, 2.75) is 58.5 Å². The Morgan fingerprint density at radius 1 is 1.05 bits per heavy atom. The molecule has 0 N–H and O–H groups in total. The molecule has 0 unspecified atom stereocenters. The summed E-state index contributed by atoms with van der Waals surface area (Å²) in [4.78, 5) is 0. The van der Waals surface area contributed by atoms with Gasteiger partial charge in [0.2, 0.25) is 0 Å². The van der Waals surface area contributed by atoms with E-state index in [9.17, 15) is 0 Å². The highest BCUT2D eigenvalue weighted by Crippen LogP contribution is 2.36. The summed E-state index contributed by atoms with van der Waals surface area (Å²) in [6.07, 6.45) is 0. The van der Waals surface area contributed by atoms with Gasteiger partial charge < -0.3 is 9.31 Å². The van der Waals surface area contributed by atoms with Crippen molar-refractivity contribution in [3.8, 4) is 0 Å². The van der Waals surface area contributed by atoms with E-state index in [0.717, 1.165) is 11.7 Å². The van der Waals surface area contributed by atoms with Crippen molar-refractivity contribution in [3.63, 3.8) is 0 Å². The van der Waals surface area contributed by atoms with Crippen LogP contribution >= 0.6 is 11.8 Å². The minimum Gasteiger partial charge on any atom is -0.399 e. The molecular weight excluding hydrogens is 279 g/mol. The first-order valence-corrected chi connectivity index (χ1v) is 8.89. The SMILES string of the molecule is CC(C)CSCc1ccccc1B1OC(C)(C)C(C)(C)O1. The Balaban J connectivity index is 2.14. The van der Waals surface area contributed by atoms with Gasteiger partial charge in [-0.2, -0.15) is 11.8 Å². The first kappa shape index (κ1) is 16.9. The van der Waals surface area contributed by atoms with Gasteiger partial charge in [0.05, 0.1) is 11.2 Å². The molecule has 1 fully saturated rings. The van der Waals surface area contributed by atoms with Crippen LogP contribution < -0.4 is 5.46 Å². The van der Waals surface area contributed by atoms with E-state index in [0.29, 0.717) is 0 Å². The summed E-state index contributed by atoms with van der Waals surface area (Å²) in [5, 5.41) is 0. The summed E-state index contributed by atoms with van der Waals surface area (Å²) in [7, 11) is -0.258. The highest BCUT2D eigenvalue weighted by Gasteiger charge is 2.52. The van der Waals surface area contributed by atoms with Crippen LogP contribution in [0.15, 0.2) is 24.3 Å². The summed E-state index contributed by atoms with van der Waals surface area (Å²) < 4.78 is 12.4. The lowest BCUT2D eigenvalue weighted by atomic mass is 9.76. The van der Waals surface area contributed by atoms with E-state index < -0.39 is 0 Å². The van der Waals surface area contributed by atoms with Crippen molar-refractivity contribution in [3.05, 3.63) is 29.8 Å². The van der Waals surface area contributed by atoms with Crippen molar-refractivity contribution in [2.75, 3.05) is 5.75 Å². The summed E-state index contributed by atoms with van der Waals surface area (Å²) >= 11 is 1.98. The molecule has 0 bridgehead atoms. The van der Waals surface area contributed by atoms with E-state index in [-0.39, 0.29) is 18.3 Å². The predicted octanol–water partition coefficient (Wildman–Crippen LogP) is 3.88. The number of hydrogen-bond acceptors (Lipinski definition) is 3. The van der Waals surface area contributed by atoms with Crippen LogP contribution in [-0.2, 0) is 15.1 Å². The van der Waals surface area contributed by atoms with Crippen LogP contribution in [0.5, 0.6) is 0 Å². The van der Waals surface area contributed by atoms with E-state index in [4.69, 9.17) is 9.31 Å². The molecular formula is C17H27BO2S. The van der Waals surface area contributed by atoms with Gasteiger partial charge in [-0.05, 0) is 50.4 Å². The molecule has 0 saturated carbocycles. The molecule has 0 aromatic heterocycles. The lowest BCUT2D eigenvalue weighted by molar-refractivity contribution is 0.00578. The third kappa shape index (κ3) is 3.85. The molecule has 1 heterocycles. The average molecular weight is 306 g/mol. The fourth-order valence-electron chi connectivity index (χ4n) is 2.27. The second-order valence-electron chi connectivity index (χ2n) is 7.20. The molecule has 1 aliphatic rings. The van der Waals surface area contributed by atoms with Gasteiger partial charge in [0, 0.05) is 5.75 Å². The van der Waals surface area contributed by atoms with Gasteiger partial charge in [0.25, 0.3) is 0 Å². The summed E-state index contributed by atoms with van der Waals surface area (Å²) in [6, 6.07) is 8.48. The second kappa shape index (κ2) is 6.35. The van der Waals surface area contributed by atoms with Gasteiger partial charge >= 0.3 is 7.12 Å². The minimum absolute atomic E-state index is 0.258.